The van der Waals surface area contributed by atoms with Crippen molar-refractivity contribution in [2.45, 2.75) is 4.90 Å². The molecule has 0 atom stereocenters. The van der Waals surface area contributed by atoms with Gasteiger partial charge in [-0.05, 0) is 30.5 Å². The van der Waals surface area contributed by atoms with E-state index in [9.17, 15) is 14.4 Å². The van der Waals surface area contributed by atoms with Crippen LogP contribution in [0.1, 0.15) is 10.4 Å². The van der Waals surface area contributed by atoms with Gasteiger partial charge in [0.2, 0.25) is 0 Å². The molecule has 0 aromatic heterocycles. The molecule has 1 rings (SSSR count). The normalized spacial score (nSPS) is 9.61. The van der Waals surface area contributed by atoms with Crippen LogP contribution < -0.4 is 11.1 Å². The van der Waals surface area contributed by atoms with Crippen LogP contribution in [-0.2, 0) is 9.53 Å². The van der Waals surface area contributed by atoms with E-state index in [4.69, 9.17) is 10.5 Å². The quantitative estimate of drug-likeness (QED) is 0.620. The Labute approximate surface area is 108 Å². The first-order valence-electron chi connectivity index (χ1n) is 4.93. The summed E-state index contributed by atoms with van der Waals surface area (Å²) in [6, 6.07) is 5.75. The number of imide groups is 1. The van der Waals surface area contributed by atoms with E-state index in [1.807, 2.05) is 6.26 Å². The lowest BCUT2D eigenvalue weighted by atomic mass is 10.2. The smallest absolute Gasteiger partial charge is 0.338 e. The number of ether oxygens (including phenoxy) is 1. The molecule has 0 fully saturated rings. The van der Waals surface area contributed by atoms with Crippen LogP contribution in [-0.4, -0.2) is 30.8 Å². The maximum Gasteiger partial charge on any atom is 0.338 e. The van der Waals surface area contributed by atoms with Gasteiger partial charge in [-0.15, -0.1) is 11.8 Å². The van der Waals surface area contributed by atoms with Crippen LogP contribution in [0.2, 0.25) is 0 Å². The van der Waals surface area contributed by atoms with Gasteiger partial charge in [0, 0.05) is 4.90 Å². The molecule has 0 heterocycles. The number of thioether (sulfide) groups is 1. The van der Waals surface area contributed by atoms with Crippen LogP contribution in [0.5, 0.6) is 0 Å². The van der Waals surface area contributed by atoms with E-state index in [0.29, 0.717) is 5.56 Å². The van der Waals surface area contributed by atoms with Crippen molar-refractivity contribution in [3.05, 3.63) is 29.8 Å². The van der Waals surface area contributed by atoms with E-state index in [1.165, 1.54) is 0 Å². The number of benzene rings is 1. The summed E-state index contributed by atoms with van der Waals surface area (Å²) >= 11 is 1.55. The van der Waals surface area contributed by atoms with Gasteiger partial charge in [0.1, 0.15) is 0 Å². The minimum atomic E-state index is -0.986. The van der Waals surface area contributed by atoms with Crippen molar-refractivity contribution >= 4 is 29.7 Å². The Hall–Kier alpha value is -2.02. The Morgan fingerprint density at radius 2 is 1.89 bits per heavy atom. The summed E-state index contributed by atoms with van der Waals surface area (Å²) in [5.41, 5.74) is 5.06. The number of hydrogen-bond acceptors (Lipinski definition) is 5. The first-order chi connectivity index (χ1) is 8.52. The molecule has 0 unspecified atom stereocenters. The minimum Gasteiger partial charge on any atom is -0.452 e. The third-order valence-corrected chi connectivity index (χ3v) is 2.67. The lowest BCUT2D eigenvalue weighted by Gasteiger charge is -2.04. The molecule has 1 aromatic rings. The zero-order chi connectivity index (χ0) is 13.5. The number of nitrogens with two attached hydrogens (primary N) is 1. The predicted molar refractivity (Wildman–Crippen MR) is 66.2 cm³/mol. The average molecular weight is 268 g/mol. The minimum absolute atomic E-state index is 0.333. The summed E-state index contributed by atoms with van der Waals surface area (Å²) in [5, 5.41) is 1.79. The first-order valence-corrected chi connectivity index (χ1v) is 6.16. The van der Waals surface area contributed by atoms with Gasteiger partial charge in [-0.2, -0.15) is 0 Å². The molecule has 0 aliphatic rings. The molecule has 0 saturated carbocycles. The Kier molecular flexibility index (Phi) is 5.19. The van der Waals surface area contributed by atoms with Crippen molar-refractivity contribution in [3.8, 4) is 0 Å². The van der Waals surface area contributed by atoms with E-state index in [1.54, 1.807) is 41.3 Å². The van der Waals surface area contributed by atoms with Gasteiger partial charge in [0.25, 0.3) is 5.91 Å². The summed E-state index contributed by atoms with van der Waals surface area (Å²) in [6.07, 6.45) is 1.92. The highest BCUT2D eigenvalue weighted by Gasteiger charge is 2.10. The van der Waals surface area contributed by atoms with Crippen LogP contribution in [0.15, 0.2) is 29.2 Å². The second-order valence-corrected chi connectivity index (χ2v) is 4.10. The third kappa shape index (κ3) is 4.46. The topological polar surface area (TPSA) is 98.5 Å². The van der Waals surface area contributed by atoms with Crippen molar-refractivity contribution in [3.63, 3.8) is 0 Å². The summed E-state index contributed by atoms with van der Waals surface area (Å²) in [7, 11) is 0. The zero-order valence-corrected chi connectivity index (χ0v) is 10.5. The number of carbonyl (C=O) groups is 3. The Balaban J connectivity index is 2.49. The molecule has 6 nitrogen and oxygen atoms in total. The molecular formula is C11H12N2O4S. The van der Waals surface area contributed by atoms with Gasteiger partial charge in [-0.3, -0.25) is 10.1 Å². The number of hydrogen-bond donors (Lipinski definition) is 2. The maximum atomic E-state index is 11.5. The standard InChI is InChI=1S/C11H12N2O4S/c1-18-8-4-2-7(3-5-8)10(15)17-6-9(14)13-11(12)16/h2-5H,6H2,1H3,(H3,12,13,14,16). The lowest BCUT2D eigenvalue weighted by Crippen LogP contribution is -2.37. The van der Waals surface area contributed by atoms with Crippen LogP contribution in [0.3, 0.4) is 0 Å². The molecule has 0 aliphatic heterocycles. The van der Waals surface area contributed by atoms with E-state index < -0.39 is 24.5 Å². The van der Waals surface area contributed by atoms with E-state index in [2.05, 4.69) is 0 Å². The van der Waals surface area contributed by atoms with Crippen LogP contribution in [0, 0.1) is 0 Å². The number of rotatable bonds is 4. The third-order valence-electron chi connectivity index (χ3n) is 1.92. The first kappa shape index (κ1) is 14.0. The molecule has 1 aromatic carbocycles. The Morgan fingerprint density at radius 3 is 2.39 bits per heavy atom. The van der Waals surface area contributed by atoms with Crippen molar-refractivity contribution in [1.29, 1.82) is 0 Å². The highest BCUT2D eigenvalue weighted by Crippen LogP contribution is 2.15. The molecule has 7 heteroatoms. The monoisotopic (exact) mass is 268 g/mol. The molecule has 3 amide bonds. The fraction of sp³-hybridized carbons (Fsp3) is 0.182. The van der Waals surface area contributed by atoms with Crippen molar-refractivity contribution in [2.75, 3.05) is 12.9 Å². The lowest BCUT2D eigenvalue weighted by molar-refractivity contribution is -0.123. The molecular weight excluding hydrogens is 256 g/mol. The van der Waals surface area contributed by atoms with Crippen molar-refractivity contribution in [1.82, 2.24) is 5.32 Å². The average Bonchev–Trinajstić information content (AvgIpc) is 2.35. The van der Waals surface area contributed by atoms with E-state index in [0.717, 1.165) is 4.90 Å². The molecule has 0 bridgehead atoms. The van der Waals surface area contributed by atoms with Crippen LogP contribution >= 0.6 is 11.8 Å². The van der Waals surface area contributed by atoms with Gasteiger partial charge in [-0.25, -0.2) is 9.59 Å². The maximum absolute atomic E-state index is 11.5. The number of esters is 1. The molecule has 0 radical (unpaired) electrons. The predicted octanol–water partition coefficient (Wildman–Crippen LogP) is 0.760. The zero-order valence-electron chi connectivity index (χ0n) is 9.64. The summed E-state index contributed by atoms with van der Waals surface area (Å²) < 4.78 is 4.70. The van der Waals surface area contributed by atoms with Gasteiger partial charge in [0.05, 0.1) is 5.56 Å². The number of urea groups is 1. The van der Waals surface area contributed by atoms with E-state index in [-0.39, 0.29) is 0 Å². The molecule has 3 N–H and O–H groups in total. The Morgan fingerprint density at radius 1 is 1.28 bits per heavy atom. The summed E-state index contributed by atoms with van der Waals surface area (Å²) in [5.74, 6) is -1.40. The van der Waals surface area contributed by atoms with Gasteiger partial charge in [0.15, 0.2) is 6.61 Å². The number of nitrogens with one attached hydrogen (secondary N) is 1. The number of amides is 3. The van der Waals surface area contributed by atoms with Crippen molar-refractivity contribution < 1.29 is 19.1 Å². The number of carbonyl (C=O) groups excluding carboxylic acids is 3. The van der Waals surface area contributed by atoms with Crippen molar-refractivity contribution in [2.24, 2.45) is 5.73 Å². The second kappa shape index (κ2) is 6.65. The molecule has 0 aliphatic carbocycles. The fourth-order valence-electron chi connectivity index (χ4n) is 1.12. The summed E-state index contributed by atoms with van der Waals surface area (Å²) in [4.78, 5) is 33.9. The fourth-order valence-corrected chi connectivity index (χ4v) is 1.52. The molecule has 0 saturated heterocycles. The molecule has 18 heavy (non-hydrogen) atoms. The Bertz CT molecular complexity index is 459. The summed E-state index contributed by atoms with van der Waals surface area (Å²) in [6.45, 7) is -0.550. The molecule has 96 valence electrons. The highest BCUT2D eigenvalue weighted by molar-refractivity contribution is 7.98. The van der Waals surface area contributed by atoms with Crippen LogP contribution in [0.4, 0.5) is 4.79 Å². The largest absolute Gasteiger partial charge is 0.452 e. The second-order valence-electron chi connectivity index (χ2n) is 3.22. The van der Waals surface area contributed by atoms with Crippen LogP contribution in [0.25, 0.3) is 0 Å². The van der Waals surface area contributed by atoms with Gasteiger partial charge in [-0.1, -0.05) is 0 Å². The number of primary amides is 1. The molecule has 0 spiro atoms. The SMILES string of the molecule is CSc1ccc(C(=O)OCC(=O)NC(N)=O)cc1. The highest BCUT2D eigenvalue weighted by atomic mass is 32.2. The van der Waals surface area contributed by atoms with E-state index >= 15 is 0 Å². The van der Waals surface area contributed by atoms with Gasteiger partial charge >= 0.3 is 12.0 Å². The van der Waals surface area contributed by atoms with Gasteiger partial charge < -0.3 is 10.5 Å².